The molecular formula is C15H27N3. The molecule has 0 spiro atoms. The average molecular weight is 249 g/mol. The second kappa shape index (κ2) is 6.37. The van der Waals surface area contributed by atoms with E-state index in [1.165, 1.54) is 37.9 Å². The van der Waals surface area contributed by atoms with Gasteiger partial charge < -0.3 is 9.88 Å². The molecule has 1 fully saturated rings. The third kappa shape index (κ3) is 2.77. The molecule has 1 N–H and O–H groups in total. The van der Waals surface area contributed by atoms with Crippen molar-refractivity contribution >= 4 is 0 Å². The summed E-state index contributed by atoms with van der Waals surface area (Å²) in [5.74, 6) is 1.41. The van der Waals surface area contributed by atoms with Crippen molar-refractivity contribution in [1.82, 2.24) is 14.9 Å². The average Bonchev–Trinajstić information content (AvgIpc) is 2.90. The molecule has 1 aromatic rings. The van der Waals surface area contributed by atoms with E-state index in [2.05, 4.69) is 41.8 Å². The molecule has 1 aliphatic rings. The summed E-state index contributed by atoms with van der Waals surface area (Å²) < 4.78 is 2.43. The van der Waals surface area contributed by atoms with E-state index in [1.54, 1.807) is 0 Å². The van der Waals surface area contributed by atoms with Crippen LogP contribution in [0.4, 0.5) is 0 Å². The summed E-state index contributed by atoms with van der Waals surface area (Å²) >= 11 is 0. The quantitative estimate of drug-likeness (QED) is 0.867. The van der Waals surface area contributed by atoms with Crippen molar-refractivity contribution in [2.24, 2.45) is 5.92 Å². The van der Waals surface area contributed by atoms with E-state index >= 15 is 0 Å². The second-order valence-electron chi connectivity index (χ2n) is 5.59. The van der Waals surface area contributed by atoms with Gasteiger partial charge in [0.2, 0.25) is 0 Å². The van der Waals surface area contributed by atoms with Crippen LogP contribution in [-0.4, -0.2) is 22.6 Å². The number of hydrogen-bond donors (Lipinski definition) is 1. The molecule has 102 valence electrons. The van der Waals surface area contributed by atoms with E-state index < -0.39 is 0 Å². The Kier molecular flexibility index (Phi) is 4.81. The molecule has 2 unspecified atom stereocenters. The monoisotopic (exact) mass is 249 g/mol. The smallest absolute Gasteiger partial charge is 0.0950 e. The van der Waals surface area contributed by atoms with Crippen LogP contribution < -0.4 is 5.32 Å². The fourth-order valence-electron chi connectivity index (χ4n) is 3.20. The third-order valence-electron chi connectivity index (χ3n) is 4.56. The highest BCUT2D eigenvalue weighted by Gasteiger charge is 2.24. The zero-order valence-corrected chi connectivity index (χ0v) is 12.0. The van der Waals surface area contributed by atoms with E-state index in [4.69, 9.17) is 0 Å². The van der Waals surface area contributed by atoms with Gasteiger partial charge in [-0.15, -0.1) is 0 Å². The number of aromatic nitrogens is 2. The molecule has 1 saturated heterocycles. The Morgan fingerprint density at radius 2 is 2.22 bits per heavy atom. The minimum Gasteiger partial charge on any atom is -0.331 e. The largest absolute Gasteiger partial charge is 0.331 e. The summed E-state index contributed by atoms with van der Waals surface area (Å²) in [6.07, 6.45) is 9.17. The van der Waals surface area contributed by atoms with Crippen LogP contribution >= 0.6 is 0 Å². The molecule has 2 heterocycles. The fourth-order valence-corrected chi connectivity index (χ4v) is 3.20. The first-order chi connectivity index (χ1) is 8.77. The number of piperidine rings is 1. The highest BCUT2D eigenvalue weighted by molar-refractivity contribution is 5.07. The predicted octanol–water partition coefficient (Wildman–Crippen LogP) is 3.35. The van der Waals surface area contributed by atoms with Gasteiger partial charge in [-0.2, -0.15) is 0 Å². The Labute approximate surface area is 111 Å². The normalized spacial score (nSPS) is 22.3. The van der Waals surface area contributed by atoms with Gasteiger partial charge in [0.15, 0.2) is 0 Å². The Morgan fingerprint density at radius 1 is 1.44 bits per heavy atom. The van der Waals surface area contributed by atoms with Gasteiger partial charge in [0.25, 0.3) is 0 Å². The van der Waals surface area contributed by atoms with E-state index in [0.717, 1.165) is 12.5 Å². The number of nitrogens with zero attached hydrogens (tertiary/aromatic N) is 2. The van der Waals surface area contributed by atoms with Gasteiger partial charge in [-0.05, 0) is 51.6 Å². The minimum absolute atomic E-state index is 0.566. The van der Waals surface area contributed by atoms with E-state index in [9.17, 15) is 0 Å². The number of hydrogen-bond acceptors (Lipinski definition) is 2. The molecule has 0 amide bonds. The summed E-state index contributed by atoms with van der Waals surface area (Å²) in [4.78, 5) is 4.40. The van der Waals surface area contributed by atoms with Crippen molar-refractivity contribution < 1.29 is 0 Å². The summed E-state index contributed by atoms with van der Waals surface area (Å²) in [6, 6.07) is 0.566. The lowest BCUT2D eigenvalue weighted by molar-refractivity contribution is 0.273. The molecule has 2 atom stereocenters. The lowest BCUT2D eigenvalue weighted by atomic mass is 9.91. The highest BCUT2D eigenvalue weighted by atomic mass is 15.1. The zero-order valence-electron chi connectivity index (χ0n) is 12.0. The van der Waals surface area contributed by atoms with Crippen LogP contribution in [0.15, 0.2) is 12.5 Å². The summed E-state index contributed by atoms with van der Waals surface area (Å²) in [5.41, 5.74) is 1.43. The van der Waals surface area contributed by atoms with Crippen molar-refractivity contribution in [2.75, 3.05) is 13.1 Å². The van der Waals surface area contributed by atoms with Crippen LogP contribution in [0, 0.1) is 5.92 Å². The molecule has 0 bridgehead atoms. The van der Waals surface area contributed by atoms with E-state index in [0.29, 0.717) is 12.0 Å². The molecular weight excluding hydrogens is 222 g/mol. The van der Waals surface area contributed by atoms with Gasteiger partial charge in [-0.25, -0.2) is 4.98 Å². The molecule has 1 aliphatic heterocycles. The van der Waals surface area contributed by atoms with Gasteiger partial charge in [0.05, 0.1) is 6.33 Å². The maximum atomic E-state index is 4.40. The van der Waals surface area contributed by atoms with Crippen molar-refractivity contribution in [2.45, 2.75) is 58.4 Å². The van der Waals surface area contributed by atoms with Crippen LogP contribution in [0.25, 0.3) is 0 Å². The zero-order chi connectivity index (χ0) is 13.0. The van der Waals surface area contributed by atoms with Gasteiger partial charge in [0, 0.05) is 23.9 Å². The Morgan fingerprint density at radius 3 is 2.83 bits per heavy atom. The Balaban J connectivity index is 2.14. The van der Waals surface area contributed by atoms with Crippen LogP contribution in [0.2, 0.25) is 0 Å². The molecule has 0 aliphatic carbocycles. The lowest BCUT2D eigenvalue weighted by Gasteiger charge is -2.31. The molecule has 3 heteroatoms. The second-order valence-corrected chi connectivity index (χ2v) is 5.59. The van der Waals surface area contributed by atoms with Crippen LogP contribution in [-0.2, 0) is 0 Å². The molecule has 18 heavy (non-hydrogen) atoms. The molecule has 0 saturated carbocycles. The lowest BCUT2D eigenvalue weighted by Crippen LogP contribution is -2.34. The van der Waals surface area contributed by atoms with Crippen molar-refractivity contribution in [1.29, 1.82) is 0 Å². The van der Waals surface area contributed by atoms with E-state index in [1.807, 2.05) is 6.33 Å². The predicted molar refractivity (Wildman–Crippen MR) is 75.9 cm³/mol. The third-order valence-corrected chi connectivity index (χ3v) is 4.56. The van der Waals surface area contributed by atoms with Crippen LogP contribution in [0.5, 0.6) is 0 Å². The number of imidazole rings is 1. The molecule has 0 radical (unpaired) electrons. The van der Waals surface area contributed by atoms with Gasteiger partial charge in [0.1, 0.15) is 0 Å². The number of rotatable bonds is 5. The molecule has 0 aromatic carbocycles. The summed E-state index contributed by atoms with van der Waals surface area (Å²) in [6.45, 7) is 9.25. The first-order valence-corrected chi connectivity index (χ1v) is 7.50. The topological polar surface area (TPSA) is 29.9 Å². The maximum Gasteiger partial charge on any atom is 0.0950 e. The first-order valence-electron chi connectivity index (χ1n) is 7.50. The highest BCUT2D eigenvalue weighted by Crippen LogP contribution is 2.30. The van der Waals surface area contributed by atoms with Crippen LogP contribution in [0.1, 0.15) is 64.1 Å². The fraction of sp³-hybridized carbons (Fsp3) is 0.800. The van der Waals surface area contributed by atoms with Gasteiger partial charge >= 0.3 is 0 Å². The van der Waals surface area contributed by atoms with E-state index in [-0.39, 0.29) is 0 Å². The maximum absolute atomic E-state index is 4.40. The SMILES string of the molecule is CCC(CC)c1cncn1C(C)C1CCCNC1. The standard InChI is InChI=1S/C15H27N3/c1-4-13(5-2)15-10-17-11-18(15)12(3)14-7-6-8-16-9-14/h10-14,16H,4-9H2,1-3H3. The Bertz CT molecular complexity index is 348. The van der Waals surface area contributed by atoms with Crippen molar-refractivity contribution in [3.05, 3.63) is 18.2 Å². The summed E-state index contributed by atoms with van der Waals surface area (Å²) in [5, 5.41) is 3.52. The Hall–Kier alpha value is -0.830. The van der Waals surface area contributed by atoms with Crippen molar-refractivity contribution in [3.8, 4) is 0 Å². The first kappa shape index (κ1) is 13.6. The summed E-state index contributed by atoms with van der Waals surface area (Å²) in [7, 11) is 0. The van der Waals surface area contributed by atoms with Crippen LogP contribution in [0.3, 0.4) is 0 Å². The van der Waals surface area contributed by atoms with Gasteiger partial charge in [-0.1, -0.05) is 13.8 Å². The molecule has 2 rings (SSSR count). The molecule has 3 nitrogen and oxygen atoms in total. The van der Waals surface area contributed by atoms with Crippen molar-refractivity contribution in [3.63, 3.8) is 0 Å². The molecule has 1 aromatic heterocycles. The van der Waals surface area contributed by atoms with Gasteiger partial charge in [-0.3, -0.25) is 0 Å². The number of nitrogens with one attached hydrogen (secondary N) is 1. The minimum atomic E-state index is 0.566.